The molecule has 0 bridgehead atoms. The van der Waals surface area contributed by atoms with E-state index in [2.05, 4.69) is 5.32 Å². The Morgan fingerprint density at radius 3 is 2.42 bits per heavy atom. The Balaban J connectivity index is 2.92. The van der Waals surface area contributed by atoms with Crippen molar-refractivity contribution < 1.29 is 27.9 Å². The van der Waals surface area contributed by atoms with Gasteiger partial charge in [0.1, 0.15) is 0 Å². The summed E-state index contributed by atoms with van der Waals surface area (Å²) in [6.45, 7) is -0.494. The highest BCUT2D eigenvalue weighted by atomic mass is 19.4. The van der Waals surface area contributed by atoms with E-state index in [1.807, 2.05) is 0 Å². The molecule has 0 fully saturated rings. The lowest BCUT2D eigenvalue weighted by molar-refractivity contribution is -0.131. The van der Waals surface area contributed by atoms with Crippen LogP contribution in [0.3, 0.4) is 0 Å². The van der Waals surface area contributed by atoms with Gasteiger partial charge < -0.3 is 16.2 Å². The highest BCUT2D eigenvalue weighted by molar-refractivity contribution is 5.99. The standard InChI is InChI=1S/C11H11F3N2O3/c12-11(13,14)3-4-16-8-5-6(9(15)17)1-2-7(8)10(18)19/h1-2,5,16H,3-4H2,(H2,15,17)(H,18,19). The fourth-order valence-electron chi connectivity index (χ4n) is 1.37. The molecule has 0 saturated carbocycles. The first-order valence-electron chi connectivity index (χ1n) is 5.18. The molecule has 1 aromatic carbocycles. The number of halogens is 3. The van der Waals surface area contributed by atoms with Gasteiger partial charge in [0.15, 0.2) is 0 Å². The number of carbonyl (C=O) groups is 2. The van der Waals surface area contributed by atoms with Crippen LogP contribution in [0.25, 0.3) is 0 Å². The molecular formula is C11H11F3N2O3. The molecule has 5 nitrogen and oxygen atoms in total. The van der Waals surface area contributed by atoms with Gasteiger partial charge in [0, 0.05) is 17.8 Å². The van der Waals surface area contributed by atoms with Gasteiger partial charge >= 0.3 is 12.1 Å². The van der Waals surface area contributed by atoms with Crippen LogP contribution >= 0.6 is 0 Å². The number of rotatable bonds is 5. The molecule has 0 saturated heterocycles. The van der Waals surface area contributed by atoms with Crippen LogP contribution < -0.4 is 11.1 Å². The first kappa shape index (κ1) is 14.8. The molecule has 1 amide bonds. The van der Waals surface area contributed by atoms with Crippen molar-refractivity contribution >= 4 is 17.6 Å². The number of carboxylic acids is 1. The summed E-state index contributed by atoms with van der Waals surface area (Å²) in [7, 11) is 0. The maximum Gasteiger partial charge on any atom is 0.390 e. The highest BCUT2D eigenvalue weighted by Crippen LogP contribution is 2.22. The number of nitrogens with one attached hydrogen (secondary N) is 1. The molecule has 0 radical (unpaired) electrons. The summed E-state index contributed by atoms with van der Waals surface area (Å²) in [5, 5.41) is 11.2. The quantitative estimate of drug-likeness (QED) is 0.765. The Morgan fingerprint density at radius 2 is 1.95 bits per heavy atom. The summed E-state index contributed by atoms with van der Waals surface area (Å²) in [5.41, 5.74) is 4.72. The second-order valence-electron chi connectivity index (χ2n) is 3.72. The zero-order chi connectivity index (χ0) is 14.6. The van der Waals surface area contributed by atoms with Crippen molar-refractivity contribution in [3.8, 4) is 0 Å². The van der Waals surface area contributed by atoms with Crippen LogP contribution in [0.15, 0.2) is 18.2 Å². The van der Waals surface area contributed by atoms with Crippen molar-refractivity contribution in [3.63, 3.8) is 0 Å². The minimum atomic E-state index is -4.35. The molecule has 1 rings (SSSR count). The molecule has 19 heavy (non-hydrogen) atoms. The van der Waals surface area contributed by atoms with E-state index in [9.17, 15) is 22.8 Å². The van der Waals surface area contributed by atoms with Crippen LogP contribution in [-0.2, 0) is 0 Å². The number of carbonyl (C=O) groups excluding carboxylic acids is 1. The van der Waals surface area contributed by atoms with Gasteiger partial charge in [0.2, 0.25) is 5.91 Å². The van der Waals surface area contributed by atoms with Crippen LogP contribution in [0.4, 0.5) is 18.9 Å². The molecule has 1 aromatic rings. The summed E-state index contributed by atoms with van der Waals surface area (Å²) in [5.74, 6) is -2.11. The summed E-state index contributed by atoms with van der Waals surface area (Å²) in [6, 6.07) is 3.42. The van der Waals surface area contributed by atoms with Crippen molar-refractivity contribution in [1.29, 1.82) is 0 Å². The van der Waals surface area contributed by atoms with Crippen LogP contribution in [-0.4, -0.2) is 29.7 Å². The molecule has 0 spiro atoms. The van der Waals surface area contributed by atoms with Crippen molar-refractivity contribution in [2.24, 2.45) is 5.73 Å². The number of benzene rings is 1. The second kappa shape index (κ2) is 5.59. The average molecular weight is 276 g/mol. The zero-order valence-corrected chi connectivity index (χ0v) is 9.62. The third-order valence-corrected chi connectivity index (χ3v) is 2.26. The third-order valence-electron chi connectivity index (χ3n) is 2.26. The molecule has 4 N–H and O–H groups in total. The van der Waals surface area contributed by atoms with E-state index in [0.29, 0.717) is 0 Å². The number of carboxylic acid groups (broad SMARTS) is 1. The molecule has 8 heteroatoms. The van der Waals surface area contributed by atoms with E-state index in [-0.39, 0.29) is 16.8 Å². The summed E-state index contributed by atoms with van der Waals surface area (Å²) in [4.78, 5) is 21.8. The zero-order valence-electron chi connectivity index (χ0n) is 9.62. The topological polar surface area (TPSA) is 92.4 Å². The minimum absolute atomic E-state index is 0.0134. The van der Waals surface area contributed by atoms with Gasteiger partial charge in [-0.3, -0.25) is 4.79 Å². The van der Waals surface area contributed by atoms with E-state index >= 15 is 0 Å². The van der Waals surface area contributed by atoms with Gasteiger partial charge in [0.05, 0.1) is 12.0 Å². The van der Waals surface area contributed by atoms with Gasteiger partial charge in [-0.15, -0.1) is 0 Å². The summed E-state index contributed by atoms with van der Waals surface area (Å²) in [6.07, 6.45) is -5.47. The van der Waals surface area contributed by atoms with E-state index < -0.39 is 31.0 Å². The van der Waals surface area contributed by atoms with Crippen LogP contribution in [0.5, 0.6) is 0 Å². The van der Waals surface area contributed by atoms with Crippen LogP contribution in [0, 0.1) is 0 Å². The third kappa shape index (κ3) is 4.49. The van der Waals surface area contributed by atoms with Gasteiger partial charge in [-0.2, -0.15) is 13.2 Å². The molecule has 0 heterocycles. The number of alkyl halides is 3. The molecule has 0 aliphatic heterocycles. The lowest BCUT2D eigenvalue weighted by atomic mass is 10.1. The summed E-state index contributed by atoms with van der Waals surface area (Å²) < 4.78 is 36.0. The van der Waals surface area contributed by atoms with Gasteiger partial charge in [-0.05, 0) is 18.2 Å². The van der Waals surface area contributed by atoms with Crippen LogP contribution in [0.1, 0.15) is 27.1 Å². The lowest BCUT2D eigenvalue weighted by Crippen LogP contribution is -2.17. The van der Waals surface area contributed by atoms with Crippen molar-refractivity contribution in [2.75, 3.05) is 11.9 Å². The SMILES string of the molecule is NC(=O)c1ccc(C(=O)O)c(NCCC(F)(F)F)c1. The van der Waals surface area contributed by atoms with Gasteiger partial charge in [-0.25, -0.2) is 4.79 Å². The number of amides is 1. The number of nitrogens with two attached hydrogens (primary N) is 1. The van der Waals surface area contributed by atoms with Crippen molar-refractivity contribution in [1.82, 2.24) is 0 Å². The smallest absolute Gasteiger partial charge is 0.390 e. The average Bonchev–Trinajstić information content (AvgIpc) is 2.26. The largest absolute Gasteiger partial charge is 0.478 e. The number of hydrogen-bond donors (Lipinski definition) is 3. The second-order valence-corrected chi connectivity index (χ2v) is 3.72. The number of primary amides is 1. The molecule has 0 aromatic heterocycles. The normalized spacial score (nSPS) is 11.1. The van der Waals surface area contributed by atoms with E-state index in [4.69, 9.17) is 10.8 Å². The first-order chi connectivity index (χ1) is 8.70. The first-order valence-corrected chi connectivity index (χ1v) is 5.18. The Morgan fingerprint density at radius 1 is 1.32 bits per heavy atom. The molecule has 104 valence electrons. The molecular weight excluding hydrogens is 265 g/mol. The predicted octanol–water partition coefficient (Wildman–Crippen LogP) is 1.85. The summed E-state index contributed by atoms with van der Waals surface area (Å²) >= 11 is 0. The van der Waals surface area contributed by atoms with Crippen molar-refractivity contribution in [2.45, 2.75) is 12.6 Å². The Hall–Kier alpha value is -2.25. The van der Waals surface area contributed by atoms with E-state index in [1.54, 1.807) is 0 Å². The highest BCUT2D eigenvalue weighted by Gasteiger charge is 2.26. The van der Waals surface area contributed by atoms with Gasteiger partial charge in [0.25, 0.3) is 0 Å². The maximum atomic E-state index is 12.0. The maximum absolute atomic E-state index is 12.0. The Bertz CT molecular complexity index is 500. The fraction of sp³-hybridized carbons (Fsp3) is 0.273. The Labute approximate surface area is 106 Å². The molecule has 0 unspecified atom stereocenters. The number of aromatic carboxylic acids is 1. The van der Waals surface area contributed by atoms with E-state index in [1.165, 1.54) is 6.07 Å². The fourth-order valence-corrected chi connectivity index (χ4v) is 1.37. The van der Waals surface area contributed by atoms with Crippen LogP contribution in [0.2, 0.25) is 0 Å². The number of anilines is 1. The predicted molar refractivity (Wildman–Crippen MR) is 61.1 cm³/mol. The molecule has 0 aliphatic rings. The molecule has 0 atom stereocenters. The van der Waals surface area contributed by atoms with E-state index in [0.717, 1.165) is 12.1 Å². The lowest BCUT2D eigenvalue weighted by Gasteiger charge is -2.12. The van der Waals surface area contributed by atoms with Gasteiger partial charge in [-0.1, -0.05) is 0 Å². The Kier molecular flexibility index (Phi) is 4.36. The molecule has 0 aliphatic carbocycles. The number of hydrogen-bond acceptors (Lipinski definition) is 3. The monoisotopic (exact) mass is 276 g/mol. The minimum Gasteiger partial charge on any atom is -0.478 e. The van der Waals surface area contributed by atoms with Crippen molar-refractivity contribution in [3.05, 3.63) is 29.3 Å².